The summed E-state index contributed by atoms with van der Waals surface area (Å²) in [6.45, 7) is 6.90. The maximum atomic E-state index is 6.86. The monoisotopic (exact) mass is 348 g/mol. The van der Waals surface area contributed by atoms with E-state index in [9.17, 15) is 0 Å². The van der Waals surface area contributed by atoms with E-state index >= 15 is 0 Å². The van der Waals surface area contributed by atoms with Crippen LogP contribution in [0.4, 0.5) is 0 Å². The van der Waals surface area contributed by atoms with Crippen molar-refractivity contribution in [3.05, 3.63) is 30.3 Å². The second kappa shape index (κ2) is 5.21. The second-order valence-corrected chi connectivity index (χ2v) is 9.59. The molecule has 2 saturated carbocycles. The van der Waals surface area contributed by atoms with E-state index in [1.807, 2.05) is 30.3 Å². The summed E-state index contributed by atoms with van der Waals surface area (Å²) in [5, 5.41) is 13.9. The van der Waals surface area contributed by atoms with Gasteiger partial charge in [-0.3, -0.25) is 0 Å². The van der Waals surface area contributed by atoms with E-state index in [0.29, 0.717) is 15.8 Å². The average Bonchev–Trinajstić information content (AvgIpc) is 2.89. The average molecular weight is 349 g/mol. The smallest absolute Gasteiger partial charge is 0.130 e. The summed E-state index contributed by atoms with van der Waals surface area (Å²) >= 11 is 8.54. The Bertz CT molecular complexity index is 712. The van der Waals surface area contributed by atoms with Crippen molar-refractivity contribution in [3.8, 4) is 5.69 Å². The number of hydrogen-bond acceptors (Lipinski definition) is 4. The number of halogens is 1. The lowest BCUT2D eigenvalue weighted by Crippen LogP contribution is -2.35. The highest BCUT2D eigenvalue weighted by Crippen LogP contribution is 2.68. The standard InChI is InChI=1S/C17H21ClN4S/c1-16(2)12-9-14(17(3,18)10-13(12)16)23-15-19-21-22(20-15)11-7-5-4-6-8-11/h4-8,12-14H,9-10H2,1-3H3/t12?,13?,14-,17-/m1/s1. The first-order valence-electron chi connectivity index (χ1n) is 8.09. The van der Waals surface area contributed by atoms with Gasteiger partial charge >= 0.3 is 0 Å². The fraction of sp³-hybridized carbons (Fsp3) is 0.588. The zero-order chi connectivity index (χ0) is 16.2. The van der Waals surface area contributed by atoms with Gasteiger partial charge in [-0.25, -0.2) is 0 Å². The van der Waals surface area contributed by atoms with Gasteiger partial charge in [0.05, 0.1) is 10.6 Å². The van der Waals surface area contributed by atoms with Crippen LogP contribution in [0.15, 0.2) is 35.5 Å². The summed E-state index contributed by atoms with van der Waals surface area (Å²) in [5.74, 6) is 1.56. The number of thioether (sulfide) groups is 1. The Hall–Kier alpha value is -1.07. The number of nitrogens with zero attached hydrogens (tertiary/aromatic N) is 4. The molecule has 2 unspecified atom stereocenters. The topological polar surface area (TPSA) is 43.6 Å². The predicted molar refractivity (Wildman–Crippen MR) is 93.1 cm³/mol. The van der Waals surface area contributed by atoms with Gasteiger partial charge in [-0.15, -0.1) is 26.6 Å². The van der Waals surface area contributed by atoms with E-state index in [4.69, 9.17) is 11.6 Å². The van der Waals surface area contributed by atoms with Crippen LogP contribution in [0.2, 0.25) is 0 Å². The Morgan fingerprint density at radius 3 is 2.65 bits per heavy atom. The Labute approximate surface area is 146 Å². The molecule has 0 radical (unpaired) electrons. The Morgan fingerprint density at radius 2 is 1.91 bits per heavy atom. The Balaban J connectivity index is 1.51. The molecule has 0 saturated heterocycles. The molecular formula is C17H21ClN4S. The van der Waals surface area contributed by atoms with Crippen LogP contribution in [-0.4, -0.2) is 30.3 Å². The molecule has 2 aliphatic carbocycles. The Kier molecular flexibility index (Phi) is 3.50. The first-order chi connectivity index (χ1) is 10.9. The van der Waals surface area contributed by atoms with Crippen LogP contribution >= 0.6 is 23.4 Å². The molecule has 2 aliphatic rings. The minimum absolute atomic E-state index is 0.197. The lowest BCUT2D eigenvalue weighted by atomic mass is 9.89. The van der Waals surface area contributed by atoms with Crippen LogP contribution in [0.1, 0.15) is 33.6 Å². The van der Waals surface area contributed by atoms with Crippen LogP contribution in [0.25, 0.3) is 5.69 Å². The van der Waals surface area contributed by atoms with Crippen LogP contribution in [0.3, 0.4) is 0 Å². The zero-order valence-electron chi connectivity index (χ0n) is 13.6. The van der Waals surface area contributed by atoms with Gasteiger partial charge in [-0.2, -0.15) is 0 Å². The van der Waals surface area contributed by atoms with Gasteiger partial charge in [0, 0.05) is 5.25 Å². The largest absolute Gasteiger partial charge is 0.231 e. The third kappa shape index (κ3) is 2.68. The fourth-order valence-electron chi connectivity index (χ4n) is 3.99. The summed E-state index contributed by atoms with van der Waals surface area (Å²) in [6.07, 6.45) is 2.22. The van der Waals surface area contributed by atoms with Crippen molar-refractivity contribution in [1.82, 2.24) is 20.2 Å². The van der Waals surface area contributed by atoms with Gasteiger partial charge in [0.15, 0.2) is 0 Å². The molecule has 23 heavy (non-hydrogen) atoms. The number of tetrazole rings is 1. The van der Waals surface area contributed by atoms with Crippen molar-refractivity contribution in [2.45, 2.75) is 48.9 Å². The first kappa shape index (κ1) is 15.5. The van der Waals surface area contributed by atoms with Crippen LogP contribution in [0, 0.1) is 17.3 Å². The van der Waals surface area contributed by atoms with Crippen molar-refractivity contribution in [2.75, 3.05) is 0 Å². The quantitative estimate of drug-likeness (QED) is 0.780. The van der Waals surface area contributed by atoms with Crippen molar-refractivity contribution in [3.63, 3.8) is 0 Å². The van der Waals surface area contributed by atoms with Crippen molar-refractivity contribution >= 4 is 23.4 Å². The molecular weight excluding hydrogens is 328 g/mol. The number of alkyl halides is 1. The maximum absolute atomic E-state index is 6.86. The molecule has 2 aromatic rings. The van der Waals surface area contributed by atoms with E-state index in [-0.39, 0.29) is 4.87 Å². The molecule has 0 amide bonds. The number of para-hydroxylation sites is 1. The number of rotatable bonds is 3. The van der Waals surface area contributed by atoms with Gasteiger partial charge in [0.1, 0.15) is 0 Å². The van der Waals surface area contributed by atoms with Crippen LogP contribution in [0.5, 0.6) is 0 Å². The van der Waals surface area contributed by atoms with Gasteiger partial charge in [-0.05, 0) is 54.4 Å². The third-order valence-electron chi connectivity index (χ3n) is 5.68. The third-order valence-corrected chi connectivity index (χ3v) is 7.59. The van der Waals surface area contributed by atoms with Crippen LogP contribution < -0.4 is 0 Å². The molecule has 0 N–H and O–H groups in total. The molecule has 4 nitrogen and oxygen atoms in total. The minimum atomic E-state index is -0.197. The van der Waals surface area contributed by atoms with Gasteiger partial charge in [0.25, 0.3) is 0 Å². The van der Waals surface area contributed by atoms with Crippen molar-refractivity contribution < 1.29 is 0 Å². The molecule has 0 spiro atoms. The van der Waals surface area contributed by atoms with Crippen LogP contribution in [-0.2, 0) is 0 Å². The molecule has 1 aromatic carbocycles. The van der Waals surface area contributed by atoms with Crippen molar-refractivity contribution in [1.29, 1.82) is 0 Å². The SMILES string of the molecule is CC1(C)C2C[C@@H](Sc3nnn(-c4ccccc4)n3)[C@](C)(Cl)CC21. The summed E-state index contributed by atoms with van der Waals surface area (Å²) in [6, 6.07) is 9.86. The first-order valence-corrected chi connectivity index (χ1v) is 9.35. The highest BCUT2D eigenvalue weighted by Gasteiger charge is 2.63. The van der Waals surface area contributed by atoms with E-state index in [1.54, 1.807) is 16.6 Å². The molecule has 4 atom stereocenters. The zero-order valence-corrected chi connectivity index (χ0v) is 15.2. The summed E-state index contributed by atoms with van der Waals surface area (Å²) in [7, 11) is 0. The number of benzene rings is 1. The molecule has 0 bridgehead atoms. The summed E-state index contributed by atoms with van der Waals surface area (Å²) in [5.41, 5.74) is 1.37. The normalized spacial score (nSPS) is 34.9. The lowest BCUT2D eigenvalue weighted by molar-refractivity contribution is 0.406. The number of hydrogen-bond donors (Lipinski definition) is 0. The molecule has 122 valence electrons. The second-order valence-electron chi connectivity index (χ2n) is 7.56. The minimum Gasteiger partial charge on any atom is -0.130 e. The highest BCUT2D eigenvalue weighted by molar-refractivity contribution is 7.99. The Morgan fingerprint density at radius 1 is 1.17 bits per heavy atom. The number of fused-ring (bicyclic) bond motifs is 1. The molecule has 0 aliphatic heterocycles. The highest BCUT2D eigenvalue weighted by atomic mass is 35.5. The molecule has 4 rings (SSSR count). The molecule has 1 heterocycles. The van der Waals surface area contributed by atoms with E-state index < -0.39 is 0 Å². The lowest BCUT2D eigenvalue weighted by Gasteiger charge is -2.34. The summed E-state index contributed by atoms with van der Waals surface area (Å²) < 4.78 is 0. The van der Waals surface area contributed by atoms with Gasteiger partial charge in [-0.1, -0.05) is 43.8 Å². The van der Waals surface area contributed by atoms with E-state index in [1.165, 1.54) is 0 Å². The van der Waals surface area contributed by atoms with Crippen molar-refractivity contribution in [2.24, 2.45) is 17.3 Å². The molecule has 2 fully saturated rings. The summed E-state index contributed by atoms with van der Waals surface area (Å²) in [4.78, 5) is 1.39. The maximum Gasteiger partial charge on any atom is 0.231 e. The van der Waals surface area contributed by atoms with Gasteiger partial charge in [0.2, 0.25) is 5.16 Å². The molecule has 6 heteroatoms. The van der Waals surface area contributed by atoms with E-state index in [2.05, 4.69) is 36.2 Å². The predicted octanol–water partition coefficient (Wildman–Crippen LogP) is 4.19. The van der Waals surface area contributed by atoms with E-state index in [0.717, 1.165) is 30.4 Å². The van der Waals surface area contributed by atoms with Gasteiger partial charge < -0.3 is 0 Å². The molecule has 1 aromatic heterocycles. The fourth-order valence-corrected chi connectivity index (χ4v) is 5.48. The number of aromatic nitrogens is 4.